The highest BCUT2D eigenvalue weighted by molar-refractivity contribution is 9.10. The Labute approximate surface area is 184 Å². The molecule has 1 saturated heterocycles. The van der Waals surface area contributed by atoms with E-state index in [4.69, 9.17) is 0 Å². The van der Waals surface area contributed by atoms with Gasteiger partial charge in [-0.2, -0.15) is 0 Å². The number of nitrogens with one attached hydrogen (secondary N) is 2. The fraction of sp³-hybridized carbons (Fsp3) is 0.455. The lowest BCUT2D eigenvalue weighted by atomic mass is 10.1. The van der Waals surface area contributed by atoms with Crippen molar-refractivity contribution < 1.29 is 9.59 Å². The van der Waals surface area contributed by atoms with Gasteiger partial charge in [-0.25, -0.2) is 0 Å². The van der Waals surface area contributed by atoms with Crippen molar-refractivity contribution in [2.24, 2.45) is 0 Å². The second-order valence-electron chi connectivity index (χ2n) is 7.72. The Morgan fingerprint density at radius 2 is 1.76 bits per heavy atom. The second kappa shape index (κ2) is 9.41. The van der Waals surface area contributed by atoms with E-state index >= 15 is 0 Å². The van der Waals surface area contributed by atoms with Gasteiger partial charge in [0.25, 0.3) is 5.91 Å². The molecule has 2 aromatic rings. The number of benzene rings is 1. The zero-order valence-electron chi connectivity index (χ0n) is 16.4. The molecule has 5 nitrogen and oxygen atoms in total. The maximum absolute atomic E-state index is 13.1. The standard InChI is InChI=1S/C22H26BrN3O2S/c23-15-7-9-16(10-8-15)24-21(28)20-17-5-4-6-18(17)29-22(20)25-19(27)11-14-26-12-2-1-3-13-26/h7-10H,1-6,11-14H2,(H,24,28)(H,25,27). The Bertz CT molecular complexity index is 888. The van der Waals surface area contributed by atoms with E-state index in [0.29, 0.717) is 17.0 Å². The summed E-state index contributed by atoms with van der Waals surface area (Å²) in [6.07, 6.45) is 7.17. The average Bonchev–Trinajstić information content (AvgIpc) is 3.29. The number of fused-ring (bicyclic) bond motifs is 1. The maximum atomic E-state index is 13.1. The smallest absolute Gasteiger partial charge is 0.258 e. The molecular weight excluding hydrogens is 450 g/mol. The first-order chi connectivity index (χ1) is 14.1. The number of nitrogens with zero attached hydrogens (tertiary/aromatic N) is 1. The van der Waals surface area contributed by atoms with Crippen LogP contribution in [0.2, 0.25) is 0 Å². The Hall–Kier alpha value is -1.70. The summed E-state index contributed by atoms with van der Waals surface area (Å²) in [7, 11) is 0. The molecule has 154 valence electrons. The highest BCUT2D eigenvalue weighted by atomic mass is 79.9. The molecule has 0 saturated carbocycles. The molecule has 2 N–H and O–H groups in total. The number of carbonyl (C=O) groups excluding carboxylic acids is 2. The third-order valence-electron chi connectivity index (χ3n) is 5.61. The van der Waals surface area contributed by atoms with Crippen molar-refractivity contribution in [3.05, 3.63) is 44.7 Å². The summed E-state index contributed by atoms with van der Waals surface area (Å²) < 4.78 is 0.966. The van der Waals surface area contributed by atoms with Gasteiger partial charge in [0.1, 0.15) is 5.00 Å². The van der Waals surface area contributed by atoms with E-state index in [2.05, 4.69) is 31.5 Å². The number of thiophene rings is 1. The van der Waals surface area contributed by atoms with Crippen LogP contribution in [-0.4, -0.2) is 36.3 Å². The number of piperidine rings is 1. The maximum Gasteiger partial charge on any atom is 0.258 e. The van der Waals surface area contributed by atoms with Crippen molar-refractivity contribution in [3.8, 4) is 0 Å². The zero-order chi connectivity index (χ0) is 20.2. The molecule has 7 heteroatoms. The normalized spacial score (nSPS) is 16.4. The topological polar surface area (TPSA) is 61.4 Å². The number of hydrogen-bond acceptors (Lipinski definition) is 4. The predicted molar refractivity (Wildman–Crippen MR) is 122 cm³/mol. The van der Waals surface area contributed by atoms with Crippen LogP contribution in [0.15, 0.2) is 28.7 Å². The van der Waals surface area contributed by atoms with Crippen LogP contribution in [0, 0.1) is 0 Å². The van der Waals surface area contributed by atoms with Crippen LogP contribution in [-0.2, 0) is 17.6 Å². The molecule has 4 rings (SSSR count). The number of carbonyl (C=O) groups is 2. The van der Waals surface area contributed by atoms with Gasteiger partial charge in [0.15, 0.2) is 0 Å². The largest absolute Gasteiger partial charge is 0.322 e. The van der Waals surface area contributed by atoms with E-state index in [1.807, 2.05) is 24.3 Å². The van der Waals surface area contributed by atoms with Gasteiger partial charge >= 0.3 is 0 Å². The number of aryl methyl sites for hydroxylation is 1. The molecular formula is C22H26BrN3O2S. The lowest BCUT2D eigenvalue weighted by Crippen LogP contribution is -2.32. The van der Waals surface area contributed by atoms with Gasteiger partial charge in [-0.15, -0.1) is 11.3 Å². The van der Waals surface area contributed by atoms with Crippen LogP contribution in [0.4, 0.5) is 10.7 Å². The number of halogens is 1. The van der Waals surface area contributed by atoms with E-state index < -0.39 is 0 Å². The predicted octanol–water partition coefficient (Wildman–Crippen LogP) is 5.07. The van der Waals surface area contributed by atoms with Gasteiger partial charge < -0.3 is 15.5 Å². The Balaban J connectivity index is 1.45. The van der Waals surface area contributed by atoms with E-state index in [9.17, 15) is 9.59 Å². The van der Waals surface area contributed by atoms with Crippen LogP contribution >= 0.6 is 27.3 Å². The van der Waals surface area contributed by atoms with Gasteiger partial charge in [0, 0.05) is 28.0 Å². The summed E-state index contributed by atoms with van der Waals surface area (Å²) in [6, 6.07) is 7.53. The van der Waals surface area contributed by atoms with Crippen molar-refractivity contribution in [2.45, 2.75) is 44.9 Å². The number of anilines is 2. The van der Waals surface area contributed by atoms with Crippen LogP contribution in [0.25, 0.3) is 0 Å². The minimum atomic E-state index is -0.141. The van der Waals surface area contributed by atoms with Gasteiger partial charge in [0.2, 0.25) is 5.91 Å². The molecule has 1 aromatic carbocycles. The minimum Gasteiger partial charge on any atom is -0.322 e. The molecule has 0 radical (unpaired) electrons. The molecule has 1 aromatic heterocycles. The van der Waals surface area contributed by atoms with Crippen molar-refractivity contribution >= 4 is 49.8 Å². The number of hydrogen-bond donors (Lipinski definition) is 2. The molecule has 0 bridgehead atoms. The fourth-order valence-corrected chi connectivity index (χ4v) is 5.66. The summed E-state index contributed by atoms with van der Waals surface area (Å²) in [5.41, 5.74) is 2.51. The van der Waals surface area contributed by atoms with Crippen LogP contribution in [0.3, 0.4) is 0 Å². The van der Waals surface area contributed by atoms with Crippen molar-refractivity contribution in [1.29, 1.82) is 0 Å². The van der Waals surface area contributed by atoms with Gasteiger partial charge in [-0.05, 0) is 75.0 Å². The van der Waals surface area contributed by atoms with Crippen LogP contribution in [0.1, 0.15) is 52.9 Å². The summed E-state index contributed by atoms with van der Waals surface area (Å²) in [5.74, 6) is -0.147. The number of likely N-dealkylation sites (tertiary alicyclic amines) is 1. The summed E-state index contributed by atoms with van der Waals surface area (Å²) in [4.78, 5) is 29.2. The Morgan fingerprint density at radius 1 is 1.00 bits per heavy atom. The quantitative estimate of drug-likeness (QED) is 0.613. The Kier molecular flexibility index (Phi) is 6.67. The van der Waals surface area contributed by atoms with Gasteiger partial charge in [-0.3, -0.25) is 9.59 Å². The lowest BCUT2D eigenvalue weighted by Gasteiger charge is -2.25. The van der Waals surface area contributed by atoms with Crippen LogP contribution < -0.4 is 10.6 Å². The van der Waals surface area contributed by atoms with Crippen molar-refractivity contribution in [1.82, 2.24) is 4.90 Å². The fourth-order valence-electron chi connectivity index (χ4n) is 4.09. The molecule has 1 fully saturated rings. The summed E-state index contributed by atoms with van der Waals surface area (Å²) >= 11 is 4.98. The lowest BCUT2D eigenvalue weighted by molar-refractivity contribution is -0.116. The summed E-state index contributed by atoms with van der Waals surface area (Å²) in [5, 5.41) is 6.73. The van der Waals surface area contributed by atoms with E-state index in [0.717, 1.165) is 54.6 Å². The Morgan fingerprint density at radius 3 is 2.52 bits per heavy atom. The van der Waals surface area contributed by atoms with E-state index in [1.54, 1.807) is 11.3 Å². The molecule has 0 spiro atoms. The first-order valence-electron chi connectivity index (χ1n) is 10.3. The molecule has 0 unspecified atom stereocenters. The molecule has 2 aliphatic rings. The molecule has 1 aliphatic heterocycles. The third-order valence-corrected chi connectivity index (χ3v) is 7.34. The van der Waals surface area contributed by atoms with Crippen LogP contribution in [0.5, 0.6) is 0 Å². The highest BCUT2D eigenvalue weighted by Gasteiger charge is 2.27. The average molecular weight is 476 g/mol. The molecule has 29 heavy (non-hydrogen) atoms. The highest BCUT2D eigenvalue weighted by Crippen LogP contribution is 2.39. The molecule has 1 aliphatic carbocycles. The van der Waals surface area contributed by atoms with Gasteiger partial charge in [0.05, 0.1) is 5.56 Å². The monoisotopic (exact) mass is 475 g/mol. The first kappa shape index (κ1) is 20.6. The van der Waals surface area contributed by atoms with Gasteiger partial charge in [-0.1, -0.05) is 22.4 Å². The molecule has 2 amide bonds. The second-order valence-corrected chi connectivity index (χ2v) is 9.74. The zero-order valence-corrected chi connectivity index (χ0v) is 18.8. The number of amides is 2. The van der Waals surface area contributed by atoms with E-state index in [-0.39, 0.29) is 11.8 Å². The molecule has 2 heterocycles. The molecule has 0 atom stereocenters. The number of rotatable bonds is 6. The van der Waals surface area contributed by atoms with Crippen molar-refractivity contribution in [2.75, 3.05) is 30.3 Å². The third kappa shape index (κ3) is 5.08. The SMILES string of the molecule is O=C(CCN1CCCCC1)Nc1sc2c(c1C(=O)Nc1ccc(Br)cc1)CCC2. The summed E-state index contributed by atoms with van der Waals surface area (Å²) in [6.45, 7) is 2.96. The van der Waals surface area contributed by atoms with Crippen molar-refractivity contribution in [3.63, 3.8) is 0 Å². The first-order valence-corrected chi connectivity index (χ1v) is 11.9. The van der Waals surface area contributed by atoms with E-state index in [1.165, 1.54) is 24.1 Å². The minimum absolute atomic E-state index is 0.00631.